The normalized spacial score (nSPS) is 10.5. The third-order valence-corrected chi connectivity index (χ3v) is 2.99. The molecule has 5 nitrogen and oxygen atoms in total. The molecule has 0 saturated carbocycles. The van der Waals surface area contributed by atoms with Crippen LogP contribution in [0.3, 0.4) is 0 Å². The quantitative estimate of drug-likeness (QED) is 0.833. The lowest BCUT2D eigenvalue weighted by Crippen LogP contribution is -2.11. The summed E-state index contributed by atoms with van der Waals surface area (Å²) < 4.78 is 0.917. The number of hydrogen-bond acceptors (Lipinski definition) is 3. The summed E-state index contributed by atoms with van der Waals surface area (Å²) in [5, 5.41) is 11.3. The second kappa shape index (κ2) is 6.81. The number of anilines is 1. The van der Waals surface area contributed by atoms with E-state index in [1.54, 1.807) is 6.08 Å². The molecule has 6 heteroatoms. The number of halogens is 1. The van der Waals surface area contributed by atoms with Gasteiger partial charge in [-0.15, -0.1) is 0 Å². The van der Waals surface area contributed by atoms with Crippen molar-refractivity contribution in [2.24, 2.45) is 0 Å². The average Bonchev–Trinajstić information content (AvgIpc) is 2.45. The molecule has 0 aliphatic heterocycles. The molecular weight excluding hydrogens is 336 g/mol. The molecule has 21 heavy (non-hydrogen) atoms. The van der Waals surface area contributed by atoms with Crippen molar-refractivity contribution in [1.82, 2.24) is 4.98 Å². The average molecular weight is 347 g/mol. The molecule has 0 saturated heterocycles. The van der Waals surface area contributed by atoms with Crippen LogP contribution in [0, 0.1) is 0 Å². The number of rotatable bonds is 4. The molecule has 1 aromatic heterocycles. The third kappa shape index (κ3) is 4.54. The standard InChI is InChI=1S/C15H11BrN2O3/c16-11-4-1-3-10(9-11)7-8-14(19)18-13-6-2-5-12(17-13)15(20)21/h1-9H,(H,20,21)(H,17,18,19). The van der Waals surface area contributed by atoms with Crippen LogP contribution in [0.2, 0.25) is 0 Å². The SMILES string of the molecule is O=C(C=Cc1cccc(Br)c1)Nc1cccc(C(=O)O)n1. The van der Waals surface area contributed by atoms with Crippen LogP contribution < -0.4 is 5.32 Å². The number of carbonyl (C=O) groups excluding carboxylic acids is 1. The lowest BCUT2D eigenvalue weighted by Gasteiger charge is -2.02. The number of aromatic carboxylic acids is 1. The van der Waals surface area contributed by atoms with Crippen LogP contribution in [-0.4, -0.2) is 22.0 Å². The maximum atomic E-state index is 11.8. The van der Waals surface area contributed by atoms with Gasteiger partial charge in [-0.05, 0) is 35.9 Å². The number of amides is 1. The Labute approximate surface area is 129 Å². The van der Waals surface area contributed by atoms with E-state index in [9.17, 15) is 9.59 Å². The van der Waals surface area contributed by atoms with Crippen LogP contribution in [0.25, 0.3) is 6.08 Å². The largest absolute Gasteiger partial charge is 0.477 e. The van der Waals surface area contributed by atoms with Crippen LogP contribution in [0.5, 0.6) is 0 Å². The molecule has 0 bridgehead atoms. The summed E-state index contributed by atoms with van der Waals surface area (Å²) in [6.45, 7) is 0. The van der Waals surface area contributed by atoms with E-state index in [1.165, 1.54) is 24.3 Å². The summed E-state index contributed by atoms with van der Waals surface area (Å²) in [5.41, 5.74) is 0.746. The van der Waals surface area contributed by atoms with Crippen LogP contribution in [0.1, 0.15) is 16.1 Å². The van der Waals surface area contributed by atoms with Crippen LogP contribution in [0.15, 0.2) is 53.0 Å². The molecule has 0 aliphatic carbocycles. The molecule has 0 atom stereocenters. The molecule has 1 aromatic carbocycles. The molecular formula is C15H11BrN2O3. The highest BCUT2D eigenvalue weighted by atomic mass is 79.9. The number of aromatic nitrogens is 1. The van der Waals surface area contributed by atoms with Gasteiger partial charge in [0, 0.05) is 10.5 Å². The zero-order valence-electron chi connectivity index (χ0n) is 10.8. The smallest absolute Gasteiger partial charge is 0.354 e. The van der Waals surface area contributed by atoms with Gasteiger partial charge >= 0.3 is 5.97 Å². The molecule has 106 valence electrons. The third-order valence-electron chi connectivity index (χ3n) is 2.50. The van der Waals surface area contributed by atoms with Crippen LogP contribution >= 0.6 is 15.9 Å². The zero-order chi connectivity index (χ0) is 15.2. The predicted octanol–water partition coefficient (Wildman–Crippen LogP) is 3.19. The summed E-state index contributed by atoms with van der Waals surface area (Å²) >= 11 is 3.34. The Balaban J connectivity index is 2.05. The summed E-state index contributed by atoms with van der Waals surface area (Å²) in [6, 6.07) is 11.9. The summed E-state index contributed by atoms with van der Waals surface area (Å²) in [5.74, 6) is -1.33. The van der Waals surface area contributed by atoms with Gasteiger partial charge < -0.3 is 10.4 Å². The molecule has 0 aliphatic rings. The summed E-state index contributed by atoms with van der Waals surface area (Å²) in [6.07, 6.45) is 3.01. The van der Waals surface area contributed by atoms with Gasteiger partial charge in [0.1, 0.15) is 5.82 Å². The molecule has 2 aromatic rings. The van der Waals surface area contributed by atoms with Gasteiger partial charge in [-0.2, -0.15) is 0 Å². The first kappa shape index (κ1) is 14.9. The minimum absolute atomic E-state index is 0.122. The first-order chi connectivity index (χ1) is 10.0. The fourth-order valence-corrected chi connectivity index (χ4v) is 1.99. The second-order valence-corrected chi connectivity index (χ2v) is 5.01. The Morgan fingerprint density at radius 1 is 1.19 bits per heavy atom. The first-order valence-corrected chi connectivity index (χ1v) is 6.79. The maximum absolute atomic E-state index is 11.8. The van der Waals surface area contributed by atoms with Crippen molar-refractivity contribution in [3.05, 3.63) is 64.3 Å². The van der Waals surface area contributed by atoms with E-state index in [0.717, 1.165) is 10.0 Å². The van der Waals surface area contributed by atoms with Gasteiger partial charge in [-0.25, -0.2) is 9.78 Å². The minimum atomic E-state index is -1.14. The highest BCUT2D eigenvalue weighted by Gasteiger charge is 2.06. The molecule has 0 unspecified atom stereocenters. The van der Waals surface area contributed by atoms with Crippen molar-refractivity contribution >= 4 is 39.7 Å². The lowest BCUT2D eigenvalue weighted by atomic mass is 10.2. The topological polar surface area (TPSA) is 79.3 Å². The highest BCUT2D eigenvalue weighted by Crippen LogP contribution is 2.13. The zero-order valence-corrected chi connectivity index (χ0v) is 12.4. The number of carboxylic acids is 1. The Morgan fingerprint density at radius 2 is 1.95 bits per heavy atom. The van der Waals surface area contributed by atoms with Crippen molar-refractivity contribution in [3.63, 3.8) is 0 Å². The van der Waals surface area contributed by atoms with Gasteiger partial charge in [0.2, 0.25) is 5.91 Å². The second-order valence-electron chi connectivity index (χ2n) is 4.09. The van der Waals surface area contributed by atoms with Gasteiger partial charge in [0.05, 0.1) is 0 Å². The van der Waals surface area contributed by atoms with E-state index in [0.29, 0.717) is 0 Å². The lowest BCUT2D eigenvalue weighted by molar-refractivity contribution is -0.111. The van der Waals surface area contributed by atoms with E-state index in [1.807, 2.05) is 24.3 Å². The van der Waals surface area contributed by atoms with Gasteiger partial charge in [0.25, 0.3) is 0 Å². The molecule has 1 heterocycles. The van der Waals surface area contributed by atoms with E-state index in [4.69, 9.17) is 5.11 Å². The molecule has 2 N–H and O–H groups in total. The monoisotopic (exact) mass is 346 g/mol. The van der Waals surface area contributed by atoms with Gasteiger partial charge in [0.15, 0.2) is 5.69 Å². The Bertz CT molecular complexity index is 714. The minimum Gasteiger partial charge on any atom is -0.477 e. The molecule has 0 radical (unpaired) electrons. The number of benzene rings is 1. The Hall–Kier alpha value is -2.47. The predicted molar refractivity (Wildman–Crippen MR) is 83.0 cm³/mol. The van der Waals surface area contributed by atoms with E-state index in [2.05, 4.69) is 26.2 Å². The number of nitrogens with zero attached hydrogens (tertiary/aromatic N) is 1. The van der Waals surface area contributed by atoms with Crippen molar-refractivity contribution < 1.29 is 14.7 Å². The fraction of sp³-hybridized carbons (Fsp3) is 0. The fourth-order valence-electron chi connectivity index (χ4n) is 1.57. The van der Waals surface area contributed by atoms with Crippen molar-refractivity contribution in [3.8, 4) is 0 Å². The number of carboxylic acid groups (broad SMARTS) is 1. The van der Waals surface area contributed by atoms with Crippen LogP contribution in [0.4, 0.5) is 5.82 Å². The first-order valence-electron chi connectivity index (χ1n) is 5.99. The summed E-state index contributed by atoms with van der Waals surface area (Å²) in [7, 11) is 0. The van der Waals surface area contributed by atoms with Crippen LogP contribution in [-0.2, 0) is 4.79 Å². The van der Waals surface area contributed by atoms with Crippen molar-refractivity contribution in [2.45, 2.75) is 0 Å². The molecule has 2 rings (SSSR count). The number of nitrogens with one attached hydrogen (secondary N) is 1. The van der Waals surface area contributed by atoms with E-state index < -0.39 is 5.97 Å². The van der Waals surface area contributed by atoms with Crippen molar-refractivity contribution in [1.29, 1.82) is 0 Å². The van der Waals surface area contributed by atoms with E-state index in [-0.39, 0.29) is 17.4 Å². The molecule has 0 fully saturated rings. The molecule has 1 amide bonds. The van der Waals surface area contributed by atoms with E-state index >= 15 is 0 Å². The number of pyridine rings is 1. The number of hydrogen-bond donors (Lipinski definition) is 2. The van der Waals surface area contributed by atoms with Crippen molar-refractivity contribution in [2.75, 3.05) is 5.32 Å². The molecule has 0 spiro atoms. The number of carbonyl (C=O) groups is 2. The summed E-state index contributed by atoms with van der Waals surface area (Å²) in [4.78, 5) is 26.4. The Kier molecular flexibility index (Phi) is 4.84. The van der Waals surface area contributed by atoms with Gasteiger partial charge in [-0.1, -0.05) is 34.1 Å². The highest BCUT2D eigenvalue weighted by molar-refractivity contribution is 9.10. The maximum Gasteiger partial charge on any atom is 0.354 e. The Morgan fingerprint density at radius 3 is 2.67 bits per heavy atom. The van der Waals surface area contributed by atoms with Gasteiger partial charge in [-0.3, -0.25) is 4.79 Å².